The predicted molar refractivity (Wildman–Crippen MR) is 362 cm³/mol. The summed E-state index contributed by atoms with van der Waals surface area (Å²) < 4.78 is 1.68. The fourth-order valence-electron chi connectivity index (χ4n) is 12.2. The van der Waals surface area contributed by atoms with Gasteiger partial charge in [-0.3, -0.25) is 0 Å². The molecule has 2 aromatic carbocycles. The van der Waals surface area contributed by atoms with Crippen LogP contribution >= 0.6 is 0 Å². The van der Waals surface area contributed by atoms with Crippen molar-refractivity contribution in [3.05, 3.63) is 97.6 Å². The average molecular weight is 1160 g/mol. The van der Waals surface area contributed by atoms with Crippen LogP contribution in [0.2, 0.25) is 10.8 Å². The average Bonchev–Trinajstić information content (AvgIpc) is 4.06. The molecule has 2 nitrogen and oxygen atoms in total. The van der Waals surface area contributed by atoms with Gasteiger partial charge in [-0.25, -0.2) is 4.70 Å². The molecule has 3 rings (SSSR count). The molecule has 0 N–H and O–H groups in total. The predicted octanol–water partition coefficient (Wildman–Crippen LogP) is 27.2. The van der Waals surface area contributed by atoms with E-state index in [0.29, 0.717) is 0 Å². The third-order valence-corrected chi connectivity index (χ3v) is 18.8. The molecule has 0 aromatic heterocycles. The Kier molecular flexibility index (Phi) is 48.2. The van der Waals surface area contributed by atoms with Crippen LogP contribution in [-0.2, 0) is 53.0 Å². The van der Waals surface area contributed by atoms with Gasteiger partial charge in [-0.15, -0.1) is 0 Å². The number of rotatable bonds is 53. The summed E-state index contributed by atoms with van der Waals surface area (Å²) in [6.45, 7) is 23.2. The number of allylic oxidation sites excluding steroid dienone is 4. The first-order chi connectivity index (χ1) is 39.8. The van der Waals surface area contributed by atoms with Crippen LogP contribution in [0.1, 0.15) is 383 Å². The van der Waals surface area contributed by atoms with E-state index in [9.17, 15) is 5.53 Å². The number of hydrogen-bond acceptors (Lipinski definition) is 0. The van der Waals surface area contributed by atoms with Gasteiger partial charge >= 0.3 is 155 Å². The number of hydrogen-bond donors (Lipinski definition) is 0. The van der Waals surface area contributed by atoms with E-state index < -0.39 is 0 Å². The summed E-state index contributed by atoms with van der Waals surface area (Å²) in [6.07, 6.45) is 67.6. The second kappa shape index (κ2) is 52.1. The van der Waals surface area contributed by atoms with Crippen molar-refractivity contribution in [1.29, 1.82) is 0 Å². The first-order valence-electron chi connectivity index (χ1n) is 36.2. The van der Waals surface area contributed by atoms with Gasteiger partial charge in [-0.1, -0.05) is 157 Å². The Morgan fingerprint density at radius 3 is 0.951 bits per heavy atom. The maximum atomic E-state index is 12.9. The van der Waals surface area contributed by atoms with Crippen molar-refractivity contribution < 1.29 is 19.1 Å². The van der Waals surface area contributed by atoms with Crippen molar-refractivity contribution >= 4 is 11.4 Å². The third-order valence-electron chi connectivity index (χ3n) is 17.4. The van der Waals surface area contributed by atoms with Crippen molar-refractivity contribution in [1.82, 2.24) is 0 Å². The topological polar surface area (TPSA) is 25.3 Å². The first-order valence-corrected chi connectivity index (χ1v) is 37.6. The number of aryl methyl sites for hydroxylation is 4. The minimum absolute atomic E-state index is 0.982. The van der Waals surface area contributed by atoms with Gasteiger partial charge in [0.2, 0.25) is 11.4 Å². The normalized spacial score (nSPS) is 12.8. The van der Waals surface area contributed by atoms with E-state index in [1.54, 1.807) is 15.8 Å². The Balaban J connectivity index is 0.000000817. The molecule has 0 amide bonds. The second-order valence-corrected chi connectivity index (χ2v) is 26.5. The summed E-state index contributed by atoms with van der Waals surface area (Å²) >= 11 is 2.03. The summed E-state index contributed by atoms with van der Waals surface area (Å²) in [5, 5.41) is 2.86. The second-order valence-electron chi connectivity index (χ2n) is 25.0. The van der Waals surface area contributed by atoms with Crippen LogP contribution in [0.4, 0.5) is 0 Å². The Labute approximate surface area is 513 Å². The third kappa shape index (κ3) is 32.2. The first kappa shape index (κ1) is 74.9. The summed E-state index contributed by atoms with van der Waals surface area (Å²) in [7, 11) is 0. The van der Waals surface area contributed by atoms with Crippen molar-refractivity contribution in [2.24, 2.45) is 0 Å². The summed E-state index contributed by atoms with van der Waals surface area (Å²) in [5.74, 6) is 0. The Morgan fingerprint density at radius 2 is 0.605 bits per heavy atom. The number of nitrogens with zero attached hydrogens (tertiary/aromatic N) is 2. The molecule has 1 aliphatic rings. The van der Waals surface area contributed by atoms with Crippen LogP contribution in [0, 0.1) is 0 Å². The van der Waals surface area contributed by atoms with Gasteiger partial charge in [0.15, 0.2) is 0 Å². The van der Waals surface area contributed by atoms with E-state index >= 15 is 0 Å². The van der Waals surface area contributed by atoms with Crippen molar-refractivity contribution in [3.63, 3.8) is 0 Å². The van der Waals surface area contributed by atoms with Crippen LogP contribution in [0.25, 0.3) is 16.9 Å². The van der Waals surface area contributed by atoms with E-state index in [4.69, 9.17) is 0 Å². The van der Waals surface area contributed by atoms with Gasteiger partial charge in [0.1, 0.15) is 0 Å². The standard InChI is InChI=1S/C56H90N2.2C11H23.Ni/c1-9-17-25-26-27-28-29-30-31-32-40-54-53(39-24-16-8)55(49-41-45(33-18-10-2)51(37-22-14-6)46(42-49)34-19-11-3)58(57)56(54)50-43-47(35-20-12-4)52(38-23-15-7)48(44-50)36-21-13-5;2*1-3-5-7-9-11-10-8-6-4-2;/h32,40-44H,9-31,33-39H2,1-8H3;2*1,3-11H2,2H3;. The van der Waals surface area contributed by atoms with Crippen molar-refractivity contribution in [2.75, 3.05) is 0 Å². The molecule has 2 aromatic rings. The zero-order chi connectivity index (χ0) is 58.8. The van der Waals surface area contributed by atoms with Gasteiger partial charge in [-0.2, -0.15) is 0 Å². The summed E-state index contributed by atoms with van der Waals surface area (Å²) in [4.78, 5) is 0. The monoisotopic (exact) mass is 1160 g/mol. The molecule has 1 heterocycles. The van der Waals surface area contributed by atoms with Crippen LogP contribution in [0.3, 0.4) is 0 Å². The van der Waals surface area contributed by atoms with Crippen molar-refractivity contribution in [2.45, 2.75) is 388 Å². The van der Waals surface area contributed by atoms with E-state index in [1.807, 2.05) is 14.4 Å². The molecule has 0 bridgehead atoms. The molecular weight excluding hydrogens is 1020 g/mol. The molecule has 0 saturated carbocycles. The number of benzene rings is 2. The van der Waals surface area contributed by atoms with Crippen LogP contribution in [-0.4, -0.2) is 4.70 Å². The molecule has 0 saturated heterocycles. The zero-order valence-corrected chi connectivity index (χ0v) is 57.0. The molecular formula is C78H136N2Ni. The van der Waals surface area contributed by atoms with Crippen LogP contribution in [0.5, 0.6) is 0 Å². The molecule has 1 aliphatic heterocycles. The molecule has 81 heavy (non-hydrogen) atoms. The summed E-state index contributed by atoms with van der Waals surface area (Å²) in [6, 6.07) is 10.0. The van der Waals surface area contributed by atoms with E-state index in [2.05, 4.69) is 106 Å². The van der Waals surface area contributed by atoms with Gasteiger partial charge < -0.3 is 5.53 Å². The van der Waals surface area contributed by atoms with E-state index in [0.717, 1.165) is 62.8 Å². The maximum absolute atomic E-state index is 12.9. The van der Waals surface area contributed by atoms with Gasteiger partial charge in [-0.05, 0) is 160 Å². The van der Waals surface area contributed by atoms with E-state index in [1.165, 1.54) is 312 Å². The molecule has 0 spiro atoms. The SMILES string of the molecule is CCCCCCCCCCC=CC1=C(c2cc(CCCC)c(CCCC)c(CCCC)c2)[N+](=[N-])C(c2cc(CCCC)c(CCCC)c(CCCC)c2)=C1CCCC.CCCCCCCCCC[CH2][Ni][CH2]CCCCCCCCCC. The van der Waals surface area contributed by atoms with Crippen molar-refractivity contribution in [3.8, 4) is 0 Å². The molecule has 3 heteroatoms. The fourth-order valence-corrected chi connectivity index (χ4v) is 13.4. The molecule has 0 unspecified atom stereocenters. The van der Waals surface area contributed by atoms with Gasteiger partial charge in [0.05, 0.1) is 5.57 Å². The van der Waals surface area contributed by atoms with Gasteiger partial charge in [0.25, 0.3) is 0 Å². The fraction of sp³-hybridized carbons (Fsp3) is 0.769. The molecule has 0 atom stereocenters. The van der Waals surface area contributed by atoms with Crippen LogP contribution < -0.4 is 0 Å². The minimum atomic E-state index is 0.982. The molecule has 0 aliphatic carbocycles. The Morgan fingerprint density at radius 1 is 0.321 bits per heavy atom. The molecule has 468 valence electrons. The molecule has 0 radical (unpaired) electrons. The molecule has 0 fully saturated rings. The summed E-state index contributed by atoms with van der Waals surface area (Å²) in [5.41, 5.74) is 29.4. The Hall–Kier alpha value is -2.25. The quantitative estimate of drug-likeness (QED) is 0.0358. The zero-order valence-electron chi connectivity index (χ0n) is 56.0. The van der Waals surface area contributed by atoms with Gasteiger partial charge in [0, 0.05) is 16.7 Å². The Bertz CT molecular complexity index is 1870. The number of unbranched alkanes of at least 4 members (excludes halogenated alkanes) is 31. The van der Waals surface area contributed by atoms with Crippen LogP contribution in [0.15, 0.2) is 47.6 Å². The van der Waals surface area contributed by atoms with E-state index in [-0.39, 0.29) is 0 Å².